The number of nitrogens with one attached hydrogen (secondary N) is 2. The number of methoxy groups -OCH3 is 1. The molecule has 1 fully saturated rings. The van der Waals surface area contributed by atoms with Gasteiger partial charge in [-0.1, -0.05) is 67.8 Å². The van der Waals surface area contributed by atoms with Gasteiger partial charge in [-0.2, -0.15) is 0 Å². The van der Waals surface area contributed by atoms with Crippen LogP contribution in [0.3, 0.4) is 0 Å². The molecule has 0 saturated carbocycles. The fourth-order valence-electron chi connectivity index (χ4n) is 8.28. The minimum absolute atomic E-state index is 0.0868. The van der Waals surface area contributed by atoms with E-state index in [2.05, 4.69) is 73.1 Å². The van der Waals surface area contributed by atoms with Crippen molar-refractivity contribution in [2.45, 2.75) is 103 Å². The predicted molar refractivity (Wildman–Crippen MR) is 279 cm³/mol. The normalized spacial score (nSPS) is 18.2. The van der Waals surface area contributed by atoms with E-state index < -0.39 is 32.6 Å². The monoisotopic (exact) mass is 1010 g/mol. The van der Waals surface area contributed by atoms with Crippen molar-refractivity contribution in [3.63, 3.8) is 0 Å². The van der Waals surface area contributed by atoms with Crippen LogP contribution in [0.15, 0.2) is 115 Å². The van der Waals surface area contributed by atoms with Crippen molar-refractivity contribution in [1.82, 2.24) is 20.2 Å². The lowest BCUT2D eigenvalue weighted by molar-refractivity contribution is -0.120. The lowest BCUT2D eigenvalue weighted by atomic mass is 9.80. The van der Waals surface area contributed by atoms with Crippen LogP contribution < -0.4 is 20.1 Å². The van der Waals surface area contributed by atoms with Crippen molar-refractivity contribution in [1.29, 1.82) is 0 Å². The predicted octanol–water partition coefficient (Wildman–Crippen LogP) is 8.88. The number of nitrogens with zero attached hydrogens (tertiary/aromatic N) is 3. The van der Waals surface area contributed by atoms with Crippen molar-refractivity contribution in [3.8, 4) is 11.5 Å². The average Bonchev–Trinajstić information content (AvgIpc) is 3.77. The molecule has 1 saturated heterocycles. The number of rotatable bonds is 33. The van der Waals surface area contributed by atoms with E-state index in [4.69, 9.17) is 48.8 Å². The van der Waals surface area contributed by atoms with Crippen molar-refractivity contribution >= 4 is 20.3 Å². The highest BCUT2D eigenvalue weighted by Crippen LogP contribution is 2.50. The van der Waals surface area contributed by atoms with Gasteiger partial charge in [-0.25, -0.2) is 11.2 Å². The second kappa shape index (κ2) is 30.1. The Kier molecular flexibility index (Phi) is 24.1. The van der Waals surface area contributed by atoms with E-state index in [0.717, 1.165) is 41.7 Å². The summed E-state index contributed by atoms with van der Waals surface area (Å²) in [6.45, 7) is 31.5. The summed E-state index contributed by atoms with van der Waals surface area (Å²) in [4.78, 5) is 29.5. The molecular formula is C55H76N5O11P. The van der Waals surface area contributed by atoms with Gasteiger partial charge in [0.1, 0.15) is 41.9 Å². The summed E-state index contributed by atoms with van der Waals surface area (Å²) in [7, 11) is 0.00805. The van der Waals surface area contributed by atoms with Gasteiger partial charge >= 0.3 is 0 Å². The Bertz CT molecular complexity index is 2220. The van der Waals surface area contributed by atoms with E-state index in [1.165, 1.54) is 0 Å². The summed E-state index contributed by atoms with van der Waals surface area (Å²) in [5.74, 6) is 1.47. The number of hydrogen-bond acceptors (Lipinski definition) is 13. The quantitative estimate of drug-likeness (QED) is 0.0197. The Morgan fingerprint density at radius 1 is 0.875 bits per heavy atom. The molecule has 3 unspecified atom stereocenters. The first-order chi connectivity index (χ1) is 34.8. The largest absolute Gasteiger partial charge is 0.497 e. The molecule has 3 aromatic carbocycles. The third-order valence-corrected chi connectivity index (χ3v) is 14.1. The van der Waals surface area contributed by atoms with Crippen LogP contribution in [0.4, 0.5) is 0 Å². The smallest absolute Gasteiger partial charge is 0.259 e. The minimum Gasteiger partial charge on any atom is -0.497 e. The van der Waals surface area contributed by atoms with Crippen molar-refractivity contribution < 1.29 is 51.8 Å². The van der Waals surface area contributed by atoms with Crippen LogP contribution in [-0.4, -0.2) is 132 Å². The van der Waals surface area contributed by atoms with Gasteiger partial charge in [0.2, 0.25) is 12.5 Å². The Hall–Kier alpha value is -5.18. The Morgan fingerprint density at radius 3 is 2.08 bits per heavy atom. The first-order valence-electron chi connectivity index (χ1n) is 24.9. The van der Waals surface area contributed by atoms with Gasteiger partial charge in [-0.15, -0.1) is 0 Å². The topological polar surface area (TPSA) is 152 Å². The van der Waals surface area contributed by atoms with E-state index >= 15 is 0 Å². The molecule has 16 nitrogen and oxygen atoms in total. The van der Waals surface area contributed by atoms with E-state index in [9.17, 15) is 9.59 Å². The molecule has 2 aliphatic heterocycles. The maximum Gasteiger partial charge on any atom is 0.259 e. The standard InChI is InChI=1S/C55H76N5O11P/c1-40(2)53(61)57-28-31-65-34-36-66-35-33-64-29-15-12-16-30-67-49-25-21-47(22-26-49)55(45-17-13-11-14-18-45,46-19-23-48(63-10)24-20-46)68-39-51-50(37-52(70-51)59-38-43(7)54(62)58-44(59)8)71-72(69-32-27-56-9)60(41(3)4)42(5)6/h11,13-14,17-26,38,41-42,50-52H,1,8,12,15-16,27-37,39H2,2-7,10H3,(H,57,61)(H,58,62)/t50?,51-,52-,55?,72?/m1/s1. The summed E-state index contributed by atoms with van der Waals surface area (Å²) >= 11 is 0. The Morgan fingerprint density at radius 2 is 1.47 bits per heavy atom. The number of carbonyl (C=O) groups is 2. The molecule has 72 heavy (non-hydrogen) atoms. The number of carbonyl (C=O) groups excluding carboxylic acids is 2. The maximum atomic E-state index is 12.6. The zero-order valence-corrected chi connectivity index (χ0v) is 44.2. The Balaban J connectivity index is 1.28. The zero-order valence-electron chi connectivity index (χ0n) is 43.3. The first kappa shape index (κ1) is 57.7. The molecule has 0 aliphatic carbocycles. The molecule has 3 aromatic rings. The average molecular weight is 1010 g/mol. The molecule has 0 aromatic heterocycles. The molecule has 2 aliphatic rings. The summed E-state index contributed by atoms with van der Waals surface area (Å²) < 4.78 is 58.6. The lowest BCUT2D eigenvalue weighted by Gasteiger charge is -2.39. The number of benzene rings is 3. The summed E-state index contributed by atoms with van der Waals surface area (Å²) in [5.41, 5.74) is 2.50. The van der Waals surface area contributed by atoms with Gasteiger partial charge in [0.15, 0.2) is 0 Å². The molecule has 5 rings (SSSR count). The summed E-state index contributed by atoms with van der Waals surface area (Å²) in [6.07, 6.45) is 3.21. The maximum absolute atomic E-state index is 12.6. The van der Waals surface area contributed by atoms with E-state index in [0.29, 0.717) is 81.9 Å². The first-order valence-corrected chi connectivity index (χ1v) is 26.0. The van der Waals surface area contributed by atoms with Crippen LogP contribution in [-0.2, 0) is 47.9 Å². The number of amides is 2. The van der Waals surface area contributed by atoms with E-state index in [-0.39, 0.29) is 43.7 Å². The van der Waals surface area contributed by atoms with Gasteiger partial charge in [0.05, 0.1) is 59.5 Å². The van der Waals surface area contributed by atoms with Crippen LogP contribution in [0.5, 0.6) is 11.5 Å². The van der Waals surface area contributed by atoms with Gasteiger partial charge in [0.25, 0.3) is 14.4 Å². The van der Waals surface area contributed by atoms with Crippen LogP contribution >= 0.6 is 8.53 Å². The third-order valence-electron chi connectivity index (χ3n) is 11.9. The van der Waals surface area contributed by atoms with E-state index in [1.807, 2.05) is 71.6 Å². The van der Waals surface area contributed by atoms with Crippen molar-refractivity contribution in [2.24, 2.45) is 0 Å². The zero-order chi connectivity index (χ0) is 51.9. The molecule has 17 heteroatoms. The second-order valence-electron chi connectivity index (χ2n) is 18.0. The van der Waals surface area contributed by atoms with Gasteiger partial charge in [0, 0.05) is 49.0 Å². The molecule has 0 radical (unpaired) electrons. The number of hydrogen-bond donors (Lipinski definition) is 2. The van der Waals surface area contributed by atoms with E-state index in [1.54, 1.807) is 27.2 Å². The van der Waals surface area contributed by atoms with Gasteiger partial charge < -0.3 is 62.6 Å². The number of ether oxygens (including phenoxy) is 7. The van der Waals surface area contributed by atoms with Crippen LogP contribution in [0.25, 0.3) is 4.85 Å². The highest BCUT2D eigenvalue weighted by molar-refractivity contribution is 7.44. The van der Waals surface area contributed by atoms with Gasteiger partial charge in [-0.05, 0) is 102 Å². The molecule has 2 N–H and O–H groups in total. The van der Waals surface area contributed by atoms with Gasteiger partial charge in [-0.3, -0.25) is 9.59 Å². The summed E-state index contributed by atoms with van der Waals surface area (Å²) in [5, 5.41) is 5.59. The second-order valence-corrected chi connectivity index (χ2v) is 19.4. The van der Waals surface area contributed by atoms with Crippen LogP contribution in [0.1, 0.15) is 83.9 Å². The molecular weight excluding hydrogens is 938 g/mol. The van der Waals surface area contributed by atoms with Crippen LogP contribution in [0, 0.1) is 6.57 Å². The fourth-order valence-corrected chi connectivity index (χ4v) is 10.0. The molecule has 2 heterocycles. The molecule has 392 valence electrons. The van der Waals surface area contributed by atoms with Crippen molar-refractivity contribution in [2.75, 3.05) is 79.7 Å². The third kappa shape index (κ3) is 16.9. The fraction of sp³-hybridized carbons (Fsp3) is 0.509. The SMILES string of the molecule is [C-]#[N+]CCOP(OC1C[C@H](N2C=C(C)C(=O)NC2=C)O[C@@H]1COC(c1ccccc1)(c1ccc(OC)cc1)c1ccc(OCCCCCOCCOCCOCCNC(=O)C(=C)C)cc1)N(C(C)C)C(C)C. The highest BCUT2D eigenvalue weighted by Gasteiger charge is 2.46. The molecule has 5 atom stereocenters. The molecule has 2 amide bonds. The number of unbranched alkanes of at least 4 members (excludes halogenated alkanes) is 2. The Labute approximate surface area is 428 Å². The van der Waals surface area contributed by atoms with Crippen LogP contribution in [0.2, 0.25) is 0 Å². The molecule has 0 bridgehead atoms. The molecule has 0 spiro atoms. The summed E-state index contributed by atoms with van der Waals surface area (Å²) in [6, 6.07) is 26.3. The highest BCUT2D eigenvalue weighted by atomic mass is 31.2. The minimum atomic E-state index is -1.64. The van der Waals surface area contributed by atoms with Crippen molar-refractivity contribution in [3.05, 3.63) is 143 Å². The lowest BCUT2D eigenvalue weighted by Crippen LogP contribution is -2.43.